The first-order valence-electron chi connectivity index (χ1n) is 7.99. The molecule has 3 heterocycles. The van der Waals surface area contributed by atoms with Gasteiger partial charge in [0.05, 0.1) is 0 Å². The normalized spacial score (nSPS) is 17.6. The number of aromatic nitrogens is 5. The molecule has 0 radical (unpaired) electrons. The van der Waals surface area contributed by atoms with Crippen LogP contribution in [0.5, 0.6) is 0 Å². The van der Waals surface area contributed by atoms with Crippen molar-refractivity contribution in [2.75, 3.05) is 29.9 Å². The van der Waals surface area contributed by atoms with Gasteiger partial charge in [0.1, 0.15) is 5.82 Å². The second kappa shape index (κ2) is 6.24. The van der Waals surface area contributed by atoms with Crippen LogP contribution in [0.15, 0.2) is 30.3 Å². The molecule has 124 valence electrons. The SMILES string of the molecule is Cc1ccc(Cl)cc1N1CCC(CNc2ccc3nnnn3n2)C1. The number of tetrazole rings is 1. The molecule has 1 saturated heterocycles. The molecule has 1 aliphatic heterocycles. The van der Waals surface area contributed by atoms with Gasteiger partial charge in [-0.05, 0) is 59.5 Å². The van der Waals surface area contributed by atoms with E-state index in [4.69, 9.17) is 11.6 Å². The molecular formula is C16H18ClN7. The van der Waals surface area contributed by atoms with E-state index < -0.39 is 0 Å². The van der Waals surface area contributed by atoms with Crippen LogP contribution in [0.1, 0.15) is 12.0 Å². The Bertz CT molecular complexity index is 863. The maximum Gasteiger partial charge on any atom is 0.200 e. The van der Waals surface area contributed by atoms with Crippen molar-refractivity contribution in [2.24, 2.45) is 5.92 Å². The zero-order valence-electron chi connectivity index (χ0n) is 13.4. The van der Waals surface area contributed by atoms with Crippen LogP contribution >= 0.6 is 11.6 Å². The highest BCUT2D eigenvalue weighted by atomic mass is 35.5. The lowest BCUT2D eigenvalue weighted by Crippen LogP contribution is -2.23. The van der Waals surface area contributed by atoms with Crippen LogP contribution in [0.3, 0.4) is 0 Å². The van der Waals surface area contributed by atoms with Crippen molar-refractivity contribution in [3.8, 4) is 0 Å². The Morgan fingerprint density at radius 1 is 1.29 bits per heavy atom. The monoisotopic (exact) mass is 343 g/mol. The number of nitrogens with one attached hydrogen (secondary N) is 1. The topological polar surface area (TPSA) is 71.2 Å². The highest BCUT2D eigenvalue weighted by molar-refractivity contribution is 6.30. The molecule has 8 heteroatoms. The maximum atomic E-state index is 6.15. The van der Waals surface area contributed by atoms with Gasteiger partial charge in [0.25, 0.3) is 0 Å². The molecule has 0 aliphatic carbocycles. The van der Waals surface area contributed by atoms with E-state index in [1.54, 1.807) is 0 Å². The molecule has 1 N–H and O–H groups in total. The third-order valence-corrected chi connectivity index (χ3v) is 4.67. The van der Waals surface area contributed by atoms with E-state index in [1.165, 1.54) is 15.9 Å². The molecule has 1 unspecified atom stereocenters. The third kappa shape index (κ3) is 2.99. The first-order chi connectivity index (χ1) is 11.7. The van der Waals surface area contributed by atoms with Gasteiger partial charge in [-0.3, -0.25) is 0 Å². The molecule has 0 amide bonds. The Kier molecular flexibility index (Phi) is 3.93. The Balaban J connectivity index is 1.39. The fourth-order valence-electron chi connectivity index (χ4n) is 3.13. The number of anilines is 2. The second-order valence-corrected chi connectivity index (χ2v) is 6.59. The number of fused-ring (bicyclic) bond motifs is 1. The zero-order valence-corrected chi connectivity index (χ0v) is 14.1. The molecule has 2 aromatic heterocycles. The van der Waals surface area contributed by atoms with Gasteiger partial charge in [-0.25, -0.2) is 0 Å². The molecule has 24 heavy (non-hydrogen) atoms. The van der Waals surface area contributed by atoms with Gasteiger partial charge in [-0.2, -0.15) is 0 Å². The predicted octanol–water partition coefficient (Wildman–Crippen LogP) is 2.42. The van der Waals surface area contributed by atoms with Crippen molar-refractivity contribution in [3.63, 3.8) is 0 Å². The second-order valence-electron chi connectivity index (χ2n) is 6.16. The number of hydrogen-bond donors (Lipinski definition) is 1. The molecule has 7 nitrogen and oxygen atoms in total. The molecule has 1 fully saturated rings. The Hall–Kier alpha value is -2.41. The summed E-state index contributed by atoms with van der Waals surface area (Å²) in [7, 11) is 0. The van der Waals surface area contributed by atoms with Crippen molar-refractivity contribution in [1.82, 2.24) is 25.3 Å². The van der Waals surface area contributed by atoms with Crippen molar-refractivity contribution in [2.45, 2.75) is 13.3 Å². The van der Waals surface area contributed by atoms with E-state index in [9.17, 15) is 0 Å². The largest absolute Gasteiger partial charge is 0.371 e. The van der Waals surface area contributed by atoms with E-state index in [0.717, 1.165) is 36.9 Å². The summed E-state index contributed by atoms with van der Waals surface area (Å²) in [6.45, 7) is 5.06. The first-order valence-corrected chi connectivity index (χ1v) is 8.37. The van der Waals surface area contributed by atoms with E-state index in [0.29, 0.717) is 11.6 Å². The number of benzene rings is 1. The van der Waals surface area contributed by atoms with Crippen LogP contribution in [-0.2, 0) is 0 Å². The van der Waals surface area contributed by atoms with Crippen LogP contribution in [-0.4, -0.2) is 44.9 Å². The van der Waals surface area contributed by atoms with Gasteiger partial charge in [0, 0.05) is 30.3 Å². The van der Waals surface area contributed by atoms with Crippen LogP contribution in [0.25, 0.3) is 5.65 Å². The summed E-state index contributed by atoms with van der Waals surface area (Å²) < 4.78 is 1.43. The minimum Gasteiger partial charge on any atom is -0.371 e. The molecule has 1 aromatic carbocycles. The summed E-state index contributed by atoms with van der Waals surface area (Å²) in [6, 6.07) is 9.83. The van der Waals surface area contributed by atoms with E-state index >= 15 is 0 Å². The van der Waals surface area contributed by atoms with Gasteiger partial charge in [-0.1, -0.05) is 17.7 Å². The lowest BCUT2D eigenvalue weighted by Gasteiger charge is -2.21. The highest BCUT2D eigenvalue weighted by Crippen LogP contribution is 2.29. The summed E-state index contributed by atoms with van der Waals surface area (Å²) >= 11 is 6.15. The standard InChI is InChI=1S/C16H18ClN7/c1-11-2-3-13(17)8-14(11)23-7-6-12(10-23)9-18-15-4-5-16-19-21-22-24(16)20-15/h2-5,8,12H,6-7,9-10H2,1H3,(H,18,20). The van der Waals surface area contributed by atoms with E-state index in [1.807, 2.05) is 18.2 Å². The van der Waals surface area contributed by atoms with Crippen LogP contribution in [0, 0.1) is 12.8 Å². The Morgan fingerprint density at radius 2 is 2.21 bits per heavy atom. The average Bonchev–Trinajstić information content (AvgIpc) is 3.23. The number of halogens is 1. The third-order valence-electron chi connectivity index (χ3n) is 4.44. The van der Waals surface area contributed by atoms with Gasteiger partial charge < -0.3 is 10.2 Å². The van der Waals surface area contributed by atoms with Crippen molar-refractivity contribution < 1.29 is 0 Å². The first kappa shape index (κ1) is 15.1. The summed E-state index contributed by atoms with van der Waals surface area (Å²) in [5.74, 6) is 1.35. The molecule has 0 spiro atoms. The smallest absolute Gasteiger partial charge is 0.200 e. The van der Waals surface area contributed by atoms with Gasteiger partial charge in [-0.15, -0.1) is 14.8 Å². The summed E-state index contributed by atoms with van der Waals surface area (Å²) in [4.78, 5) is 2.41. The van der Waals surface area contributed by atoms with Crippen molar-refractivity contribution in [3.05, 3.63) is 40.9 Å². The zero-order chi connectivity index (χ0) is 16.5. The van der Waals surface area contributed by atoms with Gasteiger partial charge in [0.15, 0.2) is 5.65 Å². The Morgan fingerprint density at radius 3 is 3.12 bits per heavy atom. The summed E-state index contributed by atoms with van der Waals surface area (Å²) in [5, 5.41) is 19.8. The van der Waals surface area contributed by atoms with Gasteiger partial charge >= 0.3 is 0 Å². The minimum absolute atomic E-state index is 0.565. The maximum absolute atomic E-state index is 6.15. The van der Waals surface area contributed by atoms with E-state index in [2.05, 4.69) is 49.9 Å². The lowest BCUT2D eigenvalue weighted by molar-refractivity contribution is 0.618. The minimum atomic E-state index is 0.565. The van der Waals surface area contributed by atoms with Crippen LogP contribution in [0.4, 0.5) is 11.5 Å². The predicted molar refractivity (Wildman–Crippen MR) is 93.6 cm³/mol. The molecule has 4 rings (SSSR count). The Labute approximate surface area is 144 Å². The number of hydrogen-bond acceptors (Lipinski definition) is 6. The molecule has 0 bridgehead atoms. The van der Waals surface area contributed by atoms with Crippen molar-refractivity contribution in [1.29, 1.82) is 0 Å². The van der Waals surface area contributed by atoms with E-state index in [-0.39, 0.29) is 0 Å². The summed E-state index contributed by atoms with van der Waals surface area (Å²) in [6.07, 6.45) is 1.14. The number of aryl methyl sites for hydroxylation is 1. The fourth-order valence-corrected chi connectivity index (χ4v) is 3.30. The molecule has 0 saturated carbocycles. The highest BCUT2D eigenvalue weighted by Gasteiger charge is 2.23. The van der Waals surface area contributed by atoms with Crippen molar-refractivity contribution >= 4 is 28.8 Å². The summed E-state index contributed by atoms with van der Waals surface area (Å²) in [5.41, 5.74) is 3.14. The average molecular weight is 344 g/mol. The van der Waals surface area contributed by atoms with Crippen LogP contribution < -0.4 is 10.2 Å². The molecule has 3 aromatic rings. The quantitative estimate of drug-likeness (QED) is 0.784. The fraction of sp³-hybridized carbons (Fsp3) is 0.375. The van der Waals surface area contributed by atoms with Gasteiger partial charge in [0.2, 0.25) is 0 Å². The molecule has 1 aliphatic rings. The molecule has 1 atom stereocenters. The lowest BCUT2D eigenvalue weighted by atomic mass is 10.1. The van der Waals surface area contributed by atoms with Crippen LogP contribution in [0.2, 0.25) is 5.02 Å². The number of rotatable bonds is 4. The number of nitrogens with zero attached hydrogens (tertiary/aromatic N) is 6. The molecular weight excluding hydrogens is 326 g/mol.